The van der Waals surface area contributed by atoms with E-state index in [4.69, 9.17) is 21.1 Å². The van der Waals surface area contributed by atoms with Crippen LogP contribution in [0.15, 0.2) is 52.9 Å². The Kier molecular flexibility index (Phi) is 11.3. The molecule has 10 heteroatoms. The van der Waals surface area contributed by atoms with E-state index in [0.717, 1.165) is 49.4 Å². The van der Waals surface area contributed by atoms with Crippen molar-refractivity contribution in [2.75, 3.05) is 30.9 Å². The van der Waals surface area contributed by atoms with E-state index < -0.39 is 15.8 Å². The number of nitrogens with one attached hydrogen (secondary N) is 1. The van der Waals surface area contributed by atoms with Gasteiger partial charge in [0.15, 0.2) is 0 Å². The summed E-state index contributed by atoms with van der Waals surface area (Å²) in [6.07, 6.45) is 10.4. The van der Waals surface area contributed by atoms with Crippen LogP contribution >= 0.6 is 11.6 Å². The molecule has 2 aromatic carbocycles. The van der Waals surface area contributed by atoms with E-state index in [2.05, 4.69) is 38.3 Å². The number of allylic oxidation sites excluding steroid dienone is 1. The molecule has 0 unspecified atom stereocenters. The molecule has 2 bridgehead atoms. The number of carbonyl (C=O) groups is 2. The molecule has 4 atom stereocenters. The third-order valence-electron chi connectivity index (χ3n) is 9.01. The van der Waals surface area contributed by atoms with Crippen LogP contribution in [-0.2, 0) is 32.4 Å². The van der Waals surface area contributed by atoms with E-state index in [9.17, 15) is 13.8 Å². The first-order valence-electron chi connectivity index (χ1n) is 16.2. The molecule has 2 aromatic rings. The average molecular weight is 656 g/mol. The molecular formula is C35H46ClN3O5S. The number of methoxy groups -OCH3 is 1. The first-order chi connectivity index (χ1) is 21.6. The Bertz CT molecular complexity index is 1530. The number of nitrogens with zero attached hydrogens (tertiary/aromatic N) is 2. The first-order valence-corrected chi connectivity index (χ1v) is 18.3. The van der Waals surface area contributed by atoms with Gasteiger partial charge in [0, 0.05) is 37.2 Å². The fourth-order valence-corrected chi connectivity index (χ4v) is 8.32. The van der Waals surface area contributed by atoms with Crippen molar-refractivity contribution in [3.8, 4) is 5.75 Å². The second-order valence-corrected chi connectivity index (χ2v) is 15.4. The summed E-state index contributed by atoms with van der Waals surface area (Å²) in [5.41, 5.74) is 3.53. The zero-order valence-corrected chi connectivity index (χ0v) is 28.2. The van der Waals surface area contributed by atoms with Gasteiger partial charge in [0.25, 0.3) is 5.91 Å². The van der Waals surface area contributed by atoms with Crippen LogP contribution in [0.2, 0.25) is 5.02 Å². The number of carbonyl (C=O) groups excluding carboxylic acids is 2. The van der Waals surface area contributed by atoms with Crippen molar-refractivity contribution in [2.24, 2.45) is 22.1 Å². The van der Waals surface area contributed by atoms with Gasteiger partial charge in [0.1, 0.15) is 15.7 Å². The predicted molar refractivity (Wildman–Crippen MR) is 180 cm³/mol. The summed E-state index contributed by atoms with van der Waals surface area (Å²) in [5, 5.41) is 0.723. The summed E-state index contributed by atoms with van der Waals surface area (Å²) >= 11 is 6.43. The summed E-state index contributed by atoms with van der Waals surface area (Å²) in [7, 11) is -1.58. The zero-order chi connectivity index (χ0) is 32.0. The van der Waals surface area contributed by atoms with Crippen LogP contribution in [0.3, 0.4) is 0 Å². The largest absolute Gasteiger partial charge is 0.491 e. The number of amides is 2. The van der Waals surface area contributed by atoms with Gasteiger partial charge in [-0.1, -0.05) is 43.7 Å². The summed E-state index contributed by atoms with van der Waals surface area (Å²) in [6, 6.07) is 11.4. The normalized spacial score (nSPS) is 26.6. The van der Waals surface area contributed by atoms with Gasteiger partial charge < -0.3 is 14.4 Å². The van der Waals surface area contributed by atoms with E-state index in [-0.39, 0.29) is 30.1 Å². The van der Waals surface area contributed by atoms with Gasteiger partial charge in [-0.25, -0.2) is 4.21 Å². The second kappa shape index (κ2) is 15.1. The van der Waals surface area contributed by atoms with Crippen LogP contribution in [0.1, 0.15) is 80.3 Å². The van der Waals surface area contributed by atoms with Crippen molar-refractivity contribution in [1.29, 1.82) is 0 Å². The number of anilines is 1. The monoisotopic (exact) mass is 655 g/mol. The minimum Gasteiger partial charge on any atom is -0.491 e. The van der Waals surface area contributed by atoms with E-state index in [1.807, 2.05) is 32.0 Å². The van der Waals surface area contributed by atoms with Gasteiger partial charge in [-0.3, -0.25) is 14.3 Å². The van der Waals surface area contributed by atoms with Crippen molar-refractivity contribution < 1.29 is 23.3 Å². The molecule has 45 heavy (non-hydrogen) atoms. The maximum absolute atomic E-state index is 14.0. The summed E-state index contributed by atoms with van der Waals surface area (Å²) < 4.78 is 33.1. The highest BCUT2D eigenvalue weighted by molar-refractivity contribution is 7.92. The number of benzene rings is 2. The summed E-state index contributed by atoms with van der Waals surface area (Å²) in [6.45, 7) is 5.77. The number of aryl methyl sites for hydroxylation is 1. The predicted octanol–water partition coefficient (Wildman–Crippen LogP) is 7.14. The Balaban J connectivity index is 1.60. The van der Waals surface area contributed by atoms with Gasteiger partial charge in [0.05, 0.1) is 24.2 Å². The number of hydrogen-bond acceptors (Lipinski definition) is 6. The van der Waals surface area contributed by atoms with Gasteiger partial charge in [-0.15, -0.1) is 4.36 Å². The molecule has 2 amide bonds. The van der Waals surface area contributed by atoms with Crippen molar-refractivity contribution in [1.82, 2.24) is 4.72 Å². The third-order valence-corrected chi connectivity index (χ3v) is 11.1. The summed E-state index contributed by atoms with van der Waals surface area (Å²) in [5.74, 6) is 0.624. The number of fused-ring (bicyclic) bond motifs is 3. The number of halogens is 1. The van der Waals surface area contributed by atoms with Crippen LogP contribution < -0.4 is 14.4 Å². The Morgan fingerprint density at radius 2 is 2.00 bits per heavy atom. The van der Waals surface area contributed by atoms with Crippen molar-refractivity contribution in [3.05, 3.63) is 70.3 Å². The summed E-state index contributed by atoms with van der Waals surface area (Å²) in [4.78, 5) is 28.7. The molecule has 244 valence electrons. The third kappa shape index (κ3) is 8.69. The molecule has 5 rings (SSSR count). The molecule has 1 N–H and O–H groups in total. The number of ether oxygens (including phenoxy) is 2. The maximum Gasteiger partial charge on any atom is 0.286 e. The molecule has 0 saturated heterocycles. The minimum atomic E-state index is -3.34. The lowest BCUT2D eigenvalue weighted by Gasteiger charge is -2.43. The number of hydrogen-bond donors (Lipinski definition) is 1. The van der Waals surface area contributed by atoms with E-state index in [0.29, 0.717) is 49.1 Å². The Hall–Kier alpha value is -2.88. The average Bonchev–Trinajstić information content (AvgIpc) is 3.00. The highest BCUT2D eigenvalue weighted by atomic mass is 35.5. The zero-order valence-electron chi connectivity index (χ0n) is 26.6. The minimum absolute atomic E-state index is 0.0323. The Morgan fingerprint density at radius 1 is 1.16 bits per heavy atom. The molecule has 1 saturated carbocycles. The van der Waals surface area contributed by atoms with Crippen LogP contribution in [0.5, 0.6) is 5.75 Å². The van der Waals surface area contributed by atoms with Crippen LogP contribution in [-0.4, -0.2) is 48.1 Å². The molecule has 8 nitrogen and oxygen atoms in total. The van der Waals surface area contributed by atoms with Gasteiger partial charge in [0.2, 0.25) is 5.91 Å². The standard InChI is InChI=1S/C35H46ClN3O5S/c1-24(2)19-34(40)37-45(42)18-8-4-5-10-32(43-3)30-15-12-28(30)23-39-22-27-11-14-29(36)20-25(27)9-6-7-17-44-33-16-13-26(21-31(33)39)35(41)38-45/h5,10-11,13-14,16,20-21,24,28,30,32H,4,6-9,12,15,17-19,22-23H2,1-3H3,(H,37,38,40,41,42)/b10-5+/t28-,30+,32-,45+/m0/s1. The topological polar surface area (TPSA) is 97.3 Å². The maximum atomic E-state index is 14.0. The van der Waals surface area contributed by atoms with Crippen LogP contribution in [0.4, 0.5) is 5.69 Å². The highest BCUT2D eigenvalue weighted by Gasteiger charge is 2.38. The SMILES string of the molecule is CO[C@H]1/C=C/CCC[S@@](=O)(NC(=O)CC(C)C)=NC(=O)c2ccc3c(c2)N(Cc2ccc(Cl)cc2CCCCO3)C[C@@H]2CC[C@H]21. The fraction of sp³-hybridized carbons (Fsp3) is 0.543. The van der Waals surface area contributed by atoms with Crippen molar-refractivity contribution in [2.45, 2.75) is 77.9 Å². The van der Waals surface area contributed by atoms with Crippen molar-refractivity contribution >= 4 is 39.0 Å². The molecular weight excluding hydrogens is 610 g/mol. The van der Waals surface area contributed by atoms with E-state index >= 15 is 0 Å². The van der Waals surface area contributed by atoms with Gasteiger partial charge in [-0.2, -0.15) is 0 Å². The van der Waals surface area contributed by atoms with E-state index in [1.54, 1.807) is 13.2 Å². The number of rotatable bonds is 4. The highest BCUT2D eigenvalue weighted by Crippen LogP contribution is 2.42. The molecule has 0 radical (unpaired) electrons. The Labute approximate surface area is 273 Å². The molecule has 0 spiro atoms. The first kappa shape index (κ1) is 33.5. The quantitative estimate of drug-likeness (QED) is 0.352. The van der Waals surface area contributed by atoms with Crippen LogP contribution in [0.25, 0.3) is 0 Å². The lowest BCUT2D eigenvalue weighted by molar-refractivity contribution is -0.119. The lowest BCUT2D eigenvalue weighted by atomic mass is 9.70. The molecule has 2 heterocycles. The Morgan fingerprint density at radius 3 is 2.76 bits per heavy atom. The lowest BCUT2D eigenvalue weighted by Crippen LogP contribution is -2.43. The fourth-order valence-electron chi connectivity index (χ4n) is 6.51. The van der Waals surface area contributed by atoms with Crippen molar-refractivity contribution in [3.63, 3.8) is 0 Å². The second-order valence-electron chi connectivity index (χ2n) is 12.9. The van der Waals surface area contributed by atoms with E-state index in [1.165, 1.54) is 11.1 Å². The molecule has 3 aliphatic rings. The molecule has 1 fully saturated rings. The molecule has 2 aliphatic heterocycles. The van der Waals surface area contributed by atoms with Crippen LogP contribution in [0, 0.1) is 17.8 Å². The molecule has 0 aromatic heterocycles. The van der Waals surface area contributed by atoms with Gasteiger partial charge in [-0.05, 0) is 104 Å². The smallest absolute Gasteiger partial charge is 0.286 e. The van der Waals surface area contributed by atoms with Gasteiger partial charge >= 0.3 is 0 Å². The molecule has 1 aliphatic carbocycles.